The molecule has 0 bridgehead atoms. The van der Waals surface area contributed by atoms with Crippen molar-refractivity contribution in [1.29, 1.82) is 0 Å². The predicted molar refractivity (Wildman–Crippen MR) is 64.0 cm³/mol. The van der Waals surface area contributed by atoms with Crippen LogP contribution in [0.3, 0.4) is 0 Å². The number of hydrogen-bond acceptors (Lipinski definition) is 2. The molecule has 0 radical (unpaired) electrons. The maximum absolute atomic E-state index is 13.5. The van der Waals surface area contributed by atoms with Gasteiger partial charge in [0.25, 0.3) is 0 Å². The average molecular weight is 231 g/mol. The Morgan fingerprint density at radius 2 is 2.00 bits per heavy atom. The van der Waals surface area contributed by atoms with E-state index in [9.17, 15) is 9.50 Å². The van der Waals surface area contributed by atoms with E-state index in [4.69, 9.17) is 0 Å². The number of hydrogen-bond donors (Lipinski definition) is 1. The molecule has 1 N–H and O–H groups in total. The van der Waals surface area contributed by atoms with Gasteiger partial charge in [0.15, 0.2) is 0 Å². The Balaban J connectivity index is 2.48. The van der Waals surface area contributed by atoms with Crippen molar-refractivity contribution in [2.75, 3.05) is 0 Å². The Labute approximate surface area is 99.8 Å². The van der Waals surface area contributed by atoms with Gasteiger partial charge >= 0.3 is 0 Å². The maximum atomic E-state index is 13.5. The molecule has 2 nitrogen and oxygen atoms in total. The van der Waals surface area contributed by atoms with Crippen molar-refractivity contribution in [3.63, 3.8) is 0 Å². The highest BCUT2D eigenvalue weighted by atomic mass is 19.1. The van der Waals surface area contributed by atoms with Crippen LogP contribution in [0.4, 0.5) is 4.39 Å². The number of pyridine rings is 1. The number of aliphatic hydroxyl groups is 1. The number of aromatic nitrogens is 1. The molecule has 0 aliphatic heterocycles. The smallest absolute Gasteiger partial charge is 0.126 e. The van der Waals surface area contributed by atoms with E-state index in [1.807, 2.05) is 0 Å². The standard InChI is InChI=1S/C14H14FNO/c1-10-5-6-11(8-13(10)15)14(2,17)12-4-3-7-16-9-12/h3-9,17H,1-2H3. The molecule has 1 heterocycles. The van der Waals surface area contributed by atoms with Crippen molar-refractivity contribution in [3.8, 4) is 0 Å². The molecule has 0 aliphatic rings. The Bertz CT molecular complexity index is 523. The van der Waals surface area contributed by atoms with Gasteiger partial charge < -0.3 is 5.11 Å². The summed E-state index contributed by atoms with van der Waals surface area (Å²) in [4.78, 5) is 3.96. The monoisotopic (exact) mass is 231 g/mol. The number of benzene rings is 1. The maximum Gasteiger partial charge on any atom is 0.126 e. The number of nitrogens with zero attached hydrogens (tertiary/aromatic N) is 1. The lowest BCUT2D eigenvalue weighted by molar-refractivity contribution is 0.101. The summed E-state index contributed by atoms with van der Waals surface area (Å²) in [6.07, 6.45) is 3.22. The van der Waals surface area contributed by atoms with Crippen LogP contribution < -0.4 is 0 Å². The van der Waals surface area contributed by atoms with Crippen LogP contribution in [0.25, 0.3) is 0 Å². The molecule has 3 heteroatoms. The normalized spacial score (nSPS) is 14.4. The first-order valence-electron chi connectivity index (χ1n) is 5.41. The molecule has 0 aliphatic carbocycles. The lowest BCUT2D eigenvalue weighted by Crippen LogP contribution is -2.23. The number of halogens is 1. The van der Waals surface area contributed by atoms with Gasteiger partial charge in [0, 0.05) is 18.0 Å². The molecule has 0 amide bonds. The van der Waals surface area contributed by atoms with Gasteiger partial charge in [-0.2, -0.15) is 0 Å². The first-order chi connectivity index (χ1) is 8.01. The van der Waals surface area contributed by atoms with Crippen LogP contribution in [0, 0.1) is 12.7 Å². The quantitative estimate of drug-likeness (QED) is 0.862. The van der Waals surface area contributed by atoms with Crippen LogP contribution >= 0.6 is 0 Å². The fourth-order valence-electron chi connectivity index (χ4n) is 1.71. The molecular weight excluding hydrogens is 217 g/mol. The van der Waals surface area contributed by atoms with Gasteiger partial charge in [0.2, 0.25) is 0 Å². The van der Waals surface area contributed by atoms with E-state index in [-0.39, 0.29) is 5.82 Å². The third kappa shape index (κ3) is 2.19. The highest BCUT2D eigenvalue weighted by molar-refractivity contribution is 5.35. The Morgan fingerprint density at radius 1 is 1.24 bits per heavy atom. The van der Waals surface area contributed by atoms with E-state index in [1.165, 1.54) is 6.07 Å². The van der Waals surface area contributed by atoms with Crippen molar-refractivity contribution in [2.24, 2.45) is 0 Å². The van der Waals surface area contributed by atoms with E-state index in [1.54, 1.807) is 50.5 Å². The van der Waals surface area contributed by atoms with Gasteiger partial charge in [-0.05, 0) is 37.1 Å². The highest BCUT2D eigenvalue weighted by Crippen LogP contribution is 2.29. The van der Waals surface area contributed by atoms with Crippen LogP contribution in [-0.4, -0.2) is 10.1 Å². The van der Waals surface area contributed by atoms with Gasteiger partial charge in [-0.25, -0.2) is 4.39 Å². The summed E-state index contributed by atoms with van der Waals surface area (Å²) in [5, 5.41) is 10.5. The summed E-state index contributed by atoms with van der Waals surface area (Å²) in [5.41, 5.74) is 0.496. The molecule has 0 spiro atoms. The fraction of sp³-hybridized carbons (Fsp3) is 0.214. The summed E-state index contributed by atoms with van der Waals surface area (Å²) in [7, 11) is 0. The molecule has 1 atom stereocenters. The molecule has 88 valence electrons. The lowest BCUT2D eigenvalue weighted by Gasteiger charge is -2.24. The molecule has 17 heavy (non-hydrogen) atoms. The number of aryl methyl sites for hydroxylation is 1. The van der Waals surface area contributed by atoms with Crippen LogP contribution in [0.15, 0.2) is 42.7 Å². The molecule has 0 saturated heterocycles. The second kappa shape index (κ2) is 4.26. The molecule has 1 aromatic carbocycles. The van der Waals surface area contributed by atoms with E-state index < -0.39 is 5.60 Å². The molecular formula is C14H14FNO. The Hall–Kier alpha value is -1.74. The molecule has 1 aromatic heterocycles. The third-order valence-electron chi connectivity index (χ3n) is 2.96. The van der Waals surface area contributed by atoms with Gasteiger partial charge in [-0.3, -0.25) is 4.98 Å². The summed E-state index contributed by atoms with van der Waals surface area (Å²) in [5.74, 6) is -0.313. The first kappa shape index (κ1) is 11.7. The molecule has 2 rings (SSSR count). The van der Waals surface area contributed by atoms with Crippen molar-refractivity contribution < 1.29 is 9.50 Å². The first-order valence-corrected chi connectivity index (χ1v) is 5.41. The topological polar surface area (TPSA) is 33.1 Å². The Kier molecular flexibility index (Phi) is 2.94. The van der Waals surface area contributed by atoms with Crippen LogP contribution in [-0.2, 0) is 5.60 Å². The lowest BCUT2D eigenvalue weighted by atomic mass is 9.89. The minimum absolute atomic E-state index is 0.313. The van der Waals surface area contributed by atoms with Crippen molar-refractivity contribution in [2.45, 2.75) is 19.4 Å². The third-order valence-corrected chi connectivity index (χ3v) is 2.96. The summed E-state index contributed by atoms with van der Waals surface area (Å²) < 4.78 is 13.5. The number of rotatable bonds is 2. The van der Waals surface area contributed by atoms with Crippen LogP contribution in [0.1, 0.15) is 23.6 Å². The Morgan fingerprint density at radius 3 is 2.59 bits per heavy atom. The minimum atomic E-state index is -1.23. The summed E-state index contributed by atoms with van der Waals surface area (Å²) in [6, 6.07) is 8.27. The molecule has 1 unspecified atom stereocenters. The van der Waals surface area contributed by atoms with E-state index in [2.05, 4.69) is 4.98 Å². The fourth-order valence-corrected chi connectivity index (χ4v) is 1.71. The van der Waals surface area contributed by atoms with Gasteiger partial charge in [0.05, 0.1) is 0 Å². The SMILES string of the molecule is Cc1ccc(C(C)(O)c2cccnc2)cc1F. The zero-order valence-corrected chi connectivity index (χ0v) is 9.81. The second-order valence-corrected chi connectivity index (χ2v) is 4.28. The average Bonchev–Trinajstić information content (AvgIpc) is 2.33. The predicted octanol–water partition coefficient (Wildman–Crippen LogP) is 2.78. The largest absolute Gasteiger partial charge is 0.381 e. The van der Waals surface area contributed by atoms with E-state index in [0.717, 1.165) is 0 Å². The van der Waals surface area contributed by atoms with Crippen molar-refractivity contribution in [3.05, 3.63) is 65.2 Å². The van der Waals surface area contributed by atoms with Crippen molar-refractivity contribution in [1.82, 2.24) is 4.98 Å². The van der Waals surface area contributed by atoms with Gasteiger partial charge in [0.1, 0.15) is 11.4 Å². The summed E-state index contributed by atoms with van der Waals surface area (Å²) >= 11 is 0. The van der Waals surface area contributed by atoms with Crippen molar-refractivity contribution >= 4 is 0 Å². The zero-order valence-electron chi connectivity index (χ0n) is 9.81. The van der Waals surface area contributed by atoms with E-state index in [0.29, 0.717) is 16.7 Å². The summed E-state index contributed by atoms with van der Waals surface area (Å²) in [6.45, 7) is 3.33. The molecule has 2 aromatic rings. The van der Waals surface area contributed by atoms with E-state index >= 15 is 0 Å². The van der Waals surface area contributed by atoms with Crippen LogP contribution in [0.5, 0.6) is 0 Å². The molecule has 0 saturated carbocycles. The molecule has 0 fully saturated rings. The highest BCUT2D eigenvalue weighted by Gasteiger charge is 2.26. The zero-order chi connectivity index (χ0) is 12.5. The second-order valence-electron chi connectivity index (χ2n) is 4.28. The minimum Gasteiger partial charge on any atom is -0.381 e. The van der Waals surface area contributed by atoms with Crippen LogP contribution in [0.2, 0.25) is 0 Å². The van der Waals surface area contributed by atoms with Gasteiger partial charge in [-0.15, -0.1) is 0 Å². The van der Waals surface area contributed by atoms with Gasteiger partial charge in [-0.1, -0.05) is 18.2 Å².